The zero-order valence-electron chi connectivity index (χ0n) is 16.6. The lowest BCUT2D eigenvalue weighted by Crippen LogP contribution is -2.39. The van der Waals surface area contributed by atoms with Crippen molar-refractivity contribution in [1.82, 2.24) is 4.57 Å². The average Bonchev–Trinajstić information content (AvgIpc) is 3.24. The predicted molar refractivity (Wildman–Crippen MR) is 110 cm³/mol. The number of benzene rings is 1. The molecule has 1 atom stereocenters. The summed E-state index contributed by atoms with van der Waals surface area (Å²) in [7, 11) is 0. The van der Waals surface area contributed by atoms with Crippen LogP contribution in [0.5, 0.6) is 0 Å². The largest absolute Gasteiger partial charge is 0.463 e. The molecule has 0 saturated carbocycles. The molecule has 3 heterocycles. The molecule has 0 amide bonds. The smallest absolute Gasteiger partial charge is 0.338 e. The molecular formula is C22H19FN2O4S. The maximum atomic E-state index is 13.5. The second kappa shape index (κ2) is 7.87. The number of allylic oxidation sites excluding steroid dienone is 1. The summed E-state index contributed by atoms with van der Waals surface area (Å²) in [4.78, 5) is 31.0. The van der Waals surface area contributed by atoms with Crippen molar-refractivity contribution in [3.63, 3.8) is 0 Å². The summed E-state index contributed by atoms with van der Waals surface area (Å²) in [5, 5.41) is 0. The molecule has 3 aromatic rings. The Morgan fingerprint density at radius 3 is 2.63 bits per heavy atom. The molecule has 2 aromatic heterocycles. The number of hydrogen-bond acceptors (Lipinski definition) is 6. The third kappa shape index (κ3) is 3.54. The number of nitrogens with zero attached hydrogens (tertiary/aromatic N) is 2. The van der Waals surface area contributed by atoms with Crippen molar-refractivity contribution >= 4 is 23.4 Å². The van der Waals surface area contributed by atoms with Crippen LogP contribution in [0.2, 0.25) is 0 Å². The topological polar surface area (TPSA) is 73.8 Å². The zero-order valence-corrected chi connectivity index (χ0v) is 17.5. The molecule has 0 fully saturated rings. The minimum atomic E-state index is -0.763. The van der Waals surface area contributed by atoms with Crippen molar-refractivity contribution in [2.24, 2.45) is 4.99 Å². The minimum absolute atomic E-state index is 0.189. The lowest BCUT2D eigenvalue weighted by molar-refractivity contribution is -0.139. The molecule has 0 aliphatic carbocycles. The number of aryl methyl sites for hydroxylation is 1. The van der Waals surface area contributed by atoms with Crippen LogP contribution in [0.4, 0.5) is 4.39 Å². The standard InChI is InChI=1S/C22H19FN2O4S/c1-4-28-21(27)18-13(3)24-22-25(19(18)14-6-8-15(23)9-7-14)20(26)17(30-22)11-16-10-5-12(2)29-16/h5-11,19H,4H2,1-3H3/b17-11-/t19-/m1/s1. The predicted octanol–water partition coefficient (Wildman–Crippen LogP) is 2.84. The first-order chi connectivity index (χ1) is 14.4. The summed E-state index contributed by atoms with van der Waals surface area (Å²) in [5.41, 5.74) is 1.01. The van der Waals surface area contributed by atoms with E-state index in [4.69, 9.17) is 9.15 Å². The number of ether oxygens (including phenoxy) is 1. The zero-order chi connectivity index (χ0) is 21.4. The lowest BCUT2D eigenvalue weighted by Gasteiger charge is -2.24. The first-order valence-electron chi connectivity index (χ1n) is 9.40. The Hall–Kier alpha value is -3.26. The molecule has 0 N–H and O–H groups in total. The number of fused-ring (bicyclic) bond motifs is 1. The second-order valence-electron chi connectivity index (χ2n) is 6.80. The summed E-state index contributed by atoms with van der Waals surface area (Å²) in [6.07, 6.45) is 1.65. The molecule has 0 saturated heterocycles. The van der Waals surface area contributed by atoms with E-state index in [1.807, 2.05) is 13.0 Å². The van der Waals surface area contributed by atoms with Gasteiger partial charge in [0.05, 0.1) is 28.5 Å². The van der Waals surface area contributed by atoms with Gasteiger partial charge in [0.15, 0.2) is 4.80 Å². The van der Waals surface area contributed by atoms with E-state index in [-0.39, 0.29) is 17.7 Å². The monoisotopic (exact) mass is 426 g/mol. The molecule has 1 aliphatic rings. The van der Waals surface area contributed by atoms with E-state index >= 15 is 0 Å². The second-order valence-corrected chi connectivity index (χ2v) is 7.81. The van der Waals surface area contributed by atoms with E-state index < -0.39 is 17.8 Å². The van der Waals surface area contributed by atoms with E-state index in [9.17, 15) is 14.0 Å². The number of rotatable bonds is 4. The summed E-state index contributed by atoms with van der Waals surface area (Å²) >= 11 is 1.21. The van der Waals surface area contributed by atoms with Crippen LogP contribution >= 0.6 is 11.3 Å². The van der Waals surface area contributed by atoms with Crippen LogP contribution in [0.15, 0.2) is 61.9 Å². The Morgan fingerprint density at radius 2 is 2.00 bits per heavy atom. The van der Waals surface area contributed by atoms with Crippen LogP contribution in [0.1, 0.15) is 37.0 Å². The number of thiazole rings is 1. The number of halogens is 1. The molecule has 1 aromatic carbocycles. The van der Waals surface area contributed by atoms with Gasteiger partial charge in [0.2, 0.25) is 0 Å². The van der Waals surface area contributed by atoms with Gasteiger partial charge in [-0.3, -0.25) is 9.36 Å². The van der Waals surface area contributed by atoms with Gasteiger partial charge in [-0.05, 0) is 50.6 Å². The molecular weight excluding hydrogens is 407 g/mol. The van der Waals surface area contributed by atoms with E-state index in [1.165, 1.54) is 28.0 Å². The SMILES string of the molecule is CCOC(=O)C1=C(C)N=c2s/c(=C\c3ccc(C)o3)c(=O)n2[C@@H]1c1ccc(F)cc1. The first-order valence-corrected chi connectivity index (χ1v) is 10.2. The van der Waals surface area contributed by atoms with E-state index in [0.29, 0.717) is 26.4 Å². The van der Waals surface area contributed by atoms with Gasteiger partial charge in [0.25, 0.3) is 5.56 Å². The molecule has 154 valence electrons. The fourth-order valence-corrected chi connectivity index (χ4v) is 4.44. The Labute approximate surface area is 175 Å². The summed E-state index contributed by atoms with van der Waals surface area (Å²) < 4.78 is 26.2. The van der Waals surface area contributed by atoms with Gasteiger partial charge in [-0.15, -0.1) is 0 Å². The maximum absolute atomic E-state index is 13.5. The summed E-state index contributed by atoms with van der Waals surface area (Å²) in [6.45, 7) is 5.42. The highest BCUT2D eigenvalue weighted by Crippen LogP contribution is 2.30. The number of hydrogen-bond donors (Lipinski definition) is 0. The molecule has 4 rings (SSSR count). The fourth-order valence-electron chi connectivity index (χ4n) is 3.41. The van der Waals surface area contributed by atoms with Crippen LogP contribution in [-0.2, 0) is 9.53 Å². The van der Waals surface area contributed by atoms with Crippen LogP contribution in [0.25, 0.3) is 6.08 Å². The molecule has 8 heteroatoms. The average molecular weight is 426 g/mol. The number of carbonyl (C=O) groups is 1. The van der Waals surface area contributed by atoms with E-state index in [1.54, 1.807) is 38.1 Å². The van der Waals surface area contributed by atoms with Crippen LogP contribution in [0, 0.1) is 12.7 Å². The molecule has 0 radical (unpaired) electrons. The highest BCUT2D eigenvalue weighted by atomic mass is 32.1. The van der Waals surface area contributed by atoms with Crippen molar-refractivity contribution in [1.29, 1.82) is 0 Å². The minimum Gasteiger partial charge on any atom is -0.463 e. The van der Waals surface area contributed by atoms with Gasteiger partial charge < -0.3 is 9.15 Å². The molecule has 0 bridgehead atoms. The molecule has 6 nitrogen and oxygen atoms in total. The van der Waals surface area contributed by atoms with Crippen molar-refractivity contribution in [3.8, 4) is 0 Å². The van der Waals surface area contributed by atoms with E-state index in [2.05, 4.69) is 4.99 Å². The number of carbonyl (C=O) groups excluding carboxylic acids is 1. The third-order valence-electron chi connectivity index (χ3n) is 4.74. The van der Waals surface area contributed by atoms with Gasteiger partial charge in [-0.1, -0.05) is 23.5 Å². The molecule has 30 heavy (non-hydrogen) atoms. The molecule has 0 spiro atoms. The van der Waals surface area contributed by atoms with E-state index in [0.717, 1.165) is 5.76 Å². The van der Waals surface area contributed by atoms with Crippen molar-refractivity contribution < 1.29 is 18.3 Å². The molecule has 0 unspecified atom stereocenters. The Morgan fingerprint density at radius 1 is 1.27 bits per heavy atom. The van der Waals surface area contributed by atoms with Gasteiger partial charge in [-0.2, -0.15) is 0 Å². The fraction of sp³-hybridized carbons (Fsp3) is 0.227. The number of aromatic nitrogens is 1. The normalized spacial score (nSPS) is 16.4. The van der Waals surface area contributed by atoms with Gasteiger partial charge in [0.1, 0.15) is 17.3 Å². The summed E-state index contributed by atoms with van der Waals surface area (Å²) in [5.74, 6) is 0.331. The Bertz CT molecular complexity index is 1330. The number of furan rings is 1. The highest BCUT2D eigenvalue weighted by Gasteiger charge is 2.33. The van der Waals surface area contributed by atoms with Crippen molar-refractivity contribution in [2.75, 3.05) is 6.61 Å². The van der Waals surface area contributed by atoms with Crippen molar-refractivity contribution in [3.05, 3.63) is 90.3 Å². The maximum Gasteiger partial charge on any atom is 0.338 e. The van der Waals surface area contributed by atoms with Gasteiger partial charge in [0, 0.05) is 6.08 Å². The van der Waals surface area contributed by atoms with Gasteiger partial charge >= 0.3 is 5.97 Å². The lowest BCUT2D eigenvalue weighted by atomic mass is 9.96. The van der Waals surface area contributed by atoms with Gasteiger partial charge in [-0.25, -0.2) is 14.2 Å². The quantitative estimate of drug-likeness (QED) is 0.602. The van der Waals surface area contributed by atoms with Crippen LogP contribution in [0.3, 0.4) is 0 Å². The highest BCUT2D eigenvalue weighted by molar-refractivity contribution is 7.07. The molecule has 1 aliphatic heterocycles. The third-order valence-corrected chi connectivity index (χ3v) is 5.72. The Balaban J connectivity index is 1.96. The first kappa shape index (κ1) is 20.0. The van der Waals surface area contributed by atoms with Crippen LogP contribution < -0.4 is 14.9 Å². The van der Waals surface area contributed by atoms with Crippen LogP contribution in [-0.4, -0.2) is 17.1 Å². The number of esters is 1. The van der Waals surface area contributed by atoms with Crippen molar-refractivity contribution in [2.45, 2.75) is 26.8 Å². The Kier molecular flexibility index (Phi) is 5.26. The summed E-state index contributed by atoms with van der Waals surface area (Å²) in [6, 6.07) is 8.55.